The second-order valence-corrected chi connectivity index (χ2v) is 4.85. The van der Waals surface area contributed by atoms with Crippen molar-refractivity contribution in [2.75, 3.05) is 0 Å². The highest BCUT2D eigenvalue weighted by Crippen LogP contribution is 2.04. The highest BCUT2D eigenvalue weighted by atomic mass is 16.5. The standard InChI is InChI=1S/C17H18N2O3/c18-16(20)15(11-13-7-3-1-4-8-13)19-17(21)22-12-14-9-5-2-6-10-14/h1-10,15H,11-12H2,(H2,18,20)(H,19,21). The fourth-order valence-corrected chi connectivity index (χ4v) is 1.98. The van der Waals surface area contributed by atoms with Gasteiger partial charge in [-0.3, -0.25) is 4.79 Å². The number of nitrogens with one attached hydrogen (secondary N) is 1. The maximum Gasteiger partial charge on any atom is 0.408 e. The fourth-order valence-electron chi connectivity index (χ4n) is 1.98. The van der Waals surface area contributed by atoms with Gasteiger partial charge in [0.05, 0.1) is 0 Å². The van der Waals surface area contributed by atoms with E-state index < -0.39 is 18.0 Å². The predicted molar refractivity (Wildman–Crippen MR) is 82.9 cm³/mol. The SMILES string of the molecule is NC(=O)C(Cc1ccccc1)NC(=O)OCc1ccccc1. The topological polar surface area (TPSA) is 81.4 Å². The van der Waals surface area contributed by atoms with E-state index in [9.17, 15) is 9.59 Å². The van der Waals surface area contributed by atoms with Gasteiger partial charge in [0, 0.05) is 6.42 Å². The first-order chi connectivity index (χ1) is 10.6. The monoisotopic (exact) mass is 298 g/mol. The number of rotatable bonds is 6. The van der Waals surface area contributed by atoms with Crippen LogP contribution < -0.4 is 11.1 Å². The second-order valence-electron chi connectivity index (χ2n) is 4.85. The number of hydrogen-bond donors (Lipinski definition) is 2. The maximum absolute atomic E-state index is 11.8. The number of hydrogen-bond acceptors (Lipinski definition) is 3. The van der Waals surface area contributed by atoms with E-state index in [1.807, 2.05) is 60.7 Å². The summed E-state index contributed by atoms with van der Waals surface area (Å²) >= 11 is 0. The van der Waals surface area contributed by atoms with Crippen LogP contribution in [0.2, 0.25) is 0 Å². The largest absolute Gasteiger partial charge is 0.445 e. The van der Waals surface area contributed by atoms with Gasteiger partial charge in [-0.05, 0) is 11.1 Å². The van der Waals surface area contributed by atoms with Gasteiger partial charge in [-0.15, -0.1) is 0 Å². The summed E-state index contributed by atoms with van der Waals surface area (Å²) in [7, 11) is 0. The minimum absolute atomic E-state index is 0.142. The van der Waals surface area contributed by atoms with Crippen LogP contribution >= 0.6 is 0 Å². The lowest BCUT2D eigenvalue weighted by Gasteiger charge is -2.15. The molecule has 3 N–H and O–H groups in total. The van der Waals surface area contributed by atoms with E-state index in [2.05, 4.69) is 5.32 Å². The van der Waals surface area contributed by atoms with Crippen LogP contribution in [0.4, 0.5) is 4.79 Å². The van der Waals surface area contributed by atoms with Gasteiger partial charge in [-0.25, -0.2) is 4.79 Å². The van der Waals surface area contributed by atoms with Crippen molar-refractivity contribution < 1.29 is 14.3 Å². The Morgan fingerprint density at radius 2 is 1.50 bits per heavy atom. The molecule has 0 aliphatic heterocycles. The Labute approximate surface area is 129 Å². The molecular weight excluding hydrogens is 280 g/mol. The zero-order chi connectivity index (χ0) is 15.8. The van der Waals surface area contributed by atoms with Crippen molar-refractivity contribution in [1.29, 1.82) is 0 Å². The minimum Gasteiger partial charge on any atom is -0.445 e. The fraction of sp³-hybridized carbons (Fsp3) is 0.176. The van der Waals surface area contributed by atoms with E-state index in [0.717, 1.165) is 11.1 Å². The molecular formula is C17H18N2O3. The van der Waals surface area contributed by atoms with Crippen LogP contribution in [0.5, 0.6) is 0 Å². The van der Waals surface area contributed by atoms with Crippen LogP contribution in [0, 0.1) is 0 Å². The number of ether oxygens (including phenoxy) is 1. The third-order valence-electron chi connectivity index (χ3n) is 3.13. The number of nitrogens with two attached hydrogens (primary N) is 1. The van der Waals surface area contributed by atoms with Crippen molar-refractivity contribution in [3.8, 4) is 0 Å². The normalized spacial score (nSPS) is 11.5. The van der Waals surface area contributed by atoms with Crippen LogP contribution in [0.15, 0.2) is 60.7 Å². The second kappa shape index (κ2) is 7.83. The lowest BCUT2D eigenvalue weighted by atomic mass is 10.1. The van der Waals surface area contributed by atoms with Gasteiger partial charge in [0.2, 0.25) is 5.91 Å². The smallest absolute Gasteiger partial charge is 0.408 e. The first-order valence-electron chi connectivity index (χ1n) is 6.95. The van der Waals surface area contributed by atoms with E-state index in [0.29, 0.717) is 6.42 Å². The molecule has 0 fully saturated rings. The first-order valence-corrected chi connectivity index (χ1v) is 6.95. The lowest BCUT2D eigenvalue weighted by Crippen LogP contribution is -2.46. The van der Waals surface area contributed by atoms with E-state index in [1.165, 1.54) is 0 Å². The molecule has 5 heteroatoms. The summed E-state index contributed by atoms with van der Waals surface area (Å²) in [5.41, 5.74) is 7.11. The van der Waals surface area contributed by atoms with E-state index in [-0.39, 0.29) is 6.61 Å². The van der Waals surface area contributed by atoms with Crippen LogP contribution in [0.1, 0.15) is 11.1 Å². The number of carbonyl (C=O) groups is 2. The Bertz CT molecular complexity index is 614. The predicted octanol–water partition coefficient (Wildman–Crippen LogP) is 2.01. The molecule has 0 saturated carbocycles. The van der Waals surface area contributed by atoms with Gasteiger partial charge in [0.25, 0.3) is 0 Å². The van der Waals surface area contributed by atoms with Crippen LogP contribution in [0.3, 0.4) is 0 Å². The third kappa shape index (κ3) is 4.94. The minimum atomic E-state index is -0.800. The Morgan fingerprint density at radius 1 is 0.955 bits per heavy atom. The van der Waals surface area contributed by atoms with E-state index in [1.54, 1.807) is 0 Å². The highest BCUT2D eigenvalue weighted by Gasteiger charge is 2.19. The molecule has 0 aromatic heterocycles. The van der Waals surface area contributed by atoms with Crippen molar-refractivity contribution in [2.24, 2.45) is 5.73 Å². The van der Waals surface area contributed by atoms with Gasteiger partial charge in [0.15, 0.2) is 0 Å². The Morgan fingerprint density at radius 3 is 2.05 bits per heavy atom. The van der Waals surface area contributed by atoms with Crippen molar-refractivity contribution in [3.05, 3.63) is 71.8 Å². The molecule has 0 radical (unpaired) electrons. The average Bonchev–Trinajstić information content (AvgIpc) is 2.54. The molecule has 0 aliphatic rings. The molecule has 1 unspecified atom stereocenters. The summed E-state index contributed by atoms with van der Waals surface area (Å²) in [4.78, 5) is 23.2. The van der Waals surface area contributed by atoms with Gasteiger partial charge in [-0.2, -0.15) is 0 Å². The molecule has 2 amide bonds. The maximum atomic E-state index is 11.8. The molecule has 1 atom stereocenters. The average molecular weight is 298 g/mol. The molecule has 0 saturated heterocycles. The zero-order valence-corrected chi connectivity index (χ0v) is 12.1. The highest BCUT2D eigenvalue weighted by molar-refractivity contribution is 5.84. The van der Waals surface area contributed by atoms with E-state index >= 15 is 0 Å². The Hall–Kier alpha value is -2.82. The lowest BCUT2D eigenvalue weighted by molar-refractivity contribution is -0.119. The van der Waals surface area contributed by atoms with Crippen molar-refractivity contribution in [2.45, 2.75) is 19.1 Å². The number of alkyl carbamates (subject to hydrolysis) is 1. The molecule has 2 aromatic rings. The molecule has 2 rings (SSSR count). The summed E-state index contributed by atoms with van der Waals surface area (Å²) < 4.78 is 5.09. The van der Waals surface area contributed by atoms with Crippen molar-refractivity contribution >= 4 is 12.0 Å². The van der Waals surface area contributed by atoms with Gasteiger partial charge in [-0.1, -0.05) is 60.7 Å². The number of primary amides is 1. The zero-order valence-electron chi connectivity index (χ0n) is 12.1. The summed E-state index contributed by atoms with van der Waals surface area (Å²) in [6.07, 6.45) is -0.333. The Balaban J connectivity index is 1.88. The van der Waals surface area contributed by atoms with Crippen molar-refractivity contribution in [3.63, 3.8) is 0 Å². The molecule has 5 nitrogen and oxygen atoms in total. The van der Waals surface area contributed by atoms with Gasteiger partial charge < -0.3 is 15.8 Å². The molecule has 2 aromatic carbocycles. The molecule has 0 heterocycles. The Kier molecular flexibility index (Phi) is 5.54. The van der Waals surface area contributed by atoms with Crippen LogP contribution in [0.25, 0.3) is 0 Å². The van der Waals surface area contributed by atoms with E-state index in [4.69, 9.17) is 10.5 Å². The molecule has 0 aliphatic carbocycles. The number of carbonyl (C=O) groups excluding carboxylic acids is 2. The third-order valence-corrected chi connectivity index (χ3v) is 3.13. The van der Waals surface area contributed by atoms with Crippen LogP contribution in [-0.2, 0) is 22.6 Å². The first kappa shape index (κ1) is 15.6. The summed E-state index contributed by atoms with van der Waals surface area (Å²) in [6, 6.07) is 17.8. The van der Waals surface area contributed by atoms with Gasteiger partial charge >= 0.3 is 6.09 Å². The summed E-state index contributed by atoms with van der Waals surface area (Å²) in [5.74, 6) is -0.597. The number of amides is 2. The van der Waals surface area contributed by atoms with Gasteiger partial charge in [0.1, 0.15) is 12.6 Å². The molecule has 0 bridgehead atoms. The quantitative estimate of drug-likeness (QED) is 0.856. The van der Waals surface area contributed by atoms with Crippen LogP contribution in [-0.4, -0.2) is 18.0 Å². The number of benzene rings is 2. The molecule has 114 valence electrons. The summed E-state index contributed by atoms with van der Waals surface area (Å²) in [6.45, 7) is 0.142. The molecule has 22 heavy (non-hydrogen) atoms. The molecule has 0 spiro atoms. The van der Waals surface area contributed by atoms with Crippen molar-refractivity contribution in [1.82, 2.24) is 5.32 Å². The summed E-state index contributed by atoms with van der Waals surface area (Å²) in [5, 5.41) is 2.50.